The minimum Gasteiger partial charge on any atom is -0.493 e. The third kappa shape index (κ3) is 3.59. The lowest BCUT2D eigenvalue weighted by Gasteiger charge is -2.25. The Bertz CT molecular complexity index is 1130. The lowest BCUT2D eigenvalue weighted by atomic mass is 9.88. The number of nitrogens with one attached hydrogen (secondary N) is 1. The molecule has 1 aromatic heterocycles. The van der Waals surface area contributed by atoms with Crippen LogP contribution in [-0.4, -0.2) is 38.3 Å². The van der Waals surface area contributed by atoms with Crippen LogP contribution < -0.4 is 19.5 Å². The Kier molecular flexibility index (Phi) is 5.56. The zero-order valence-electron chi connectivity index (χ0n) is 17.2. The van der Waals surface area contributed by atoms with E-state index in [9.17, 15) is 14.7 Å². The van der Waals surface area contributed by atoms with Gasteiger partial charge in [-0.25, -0.2) is 4.79 Å². The molecule has 0 saturated heterocycles. The van der Waals surface area contributed by atoms with Crippen LogP contribution in [0.25, 0.3) is 11.1 Å². The van der Waals surface area contributed by atoms with E-state index in [2.05, 4.69) is 5.32 Å². The maximum atomic E-state index is 12.7. The molecule has 0 radical (unpaired) electrons. The fraction of sp³-hybridized carbons (Fsp3) is 0.217. The van der Waals surface area contributed by atoms with Crippen LogP contribution in [-0.2, 0) is 4.79 Å². The number of anilines is 1. The zero-order chi connectivity index (χ0) is 22.1. The average Bonchev–Trinajstić information content (AvgIpc) is 3.17. The van der Waals surface area contributed by atoms with E-state index in [1.807, 2.05) is 30.3 Å². The monoisotopic (exact) mass is 439 g/mol. The number of amides is 1. The van der Waals surface area contributed by atoms with Crippen molar-refractivity contribution in [3.05, 3.63) is 57.8 Å². The number of ether oxygens (including phenoxy) is 3. The fourth-order valence-corrected chi connectivity index (χ4v) is 5.14. The summed E-state index contributed by atoms with van der Waals surface area (Å²) in [6.07, 6.45) is 0.180. The Labute approximate surface area is 183 Å². The Morgan fingerprint density at radius 1 is 1.06 bits per heavy atom. The van der Waals surface area contributed by atoms with E-state index in [1.165, 1.54) is 32.7 Å². The Morgan fingerprint density at radius 2 is 1.71 bits per heavy atom. The smallest absolute Gasteiger partial charge is 0.346 e. The van der Waals surface area contributed by atoms with Crippen LogP contribution in [0.5, 0.6) is 17.2 Å². The van der Waals surface area contributed by atoms with Crippen LogP contribution >= 0.6 is 11.3 Å². The summed E-state index contributed by atoms with van der Waals surface area (Å²) >= 11 is 1.18. The maximum Gasteiger partial charge on any atom is 0.346 e. The molecule has 160 valence electrons. The number of fused-ring (bicyclic) bond motifs is 1. The van der Waals surface area contributed by atoms with Gasteiger partial charge in [0.15, 0.2) is 11.5 Å². The van der Waals surface area contributed by atoms with Crippen molar-refractivity contribution in [3.8, 4) is 28.4 Å². The number of carbonyl (C=O) groups is 2. The van der Waals surface area contributed by atoms with E-state index < -0.39 is 5.97 Å². The third-order valence-electron chi connectivity index (χ3n) is 5.25. The highest BCUT2D eigenvalue weighted by Crippen LogP contribution is 2.51. The van der Waals surface area contributed by atoms with Crippen molar-refractivity contribution in [1.29, 1.82) is 0 Å². The number of carbonyl (C=O) groups excluding carboxylic acids is 1. The van der Waals surface area contributed by atoms with E-state index in [-0.39, 0.29) is 23.1 Å². The minimum atomic E-state index is -1.03. The molecule has 4 rings (SSSR count). The van der Waals surface area contributed by atoms with Crippen LogP contribution in [0.4, 0.5) is 5.69 Å². The van der Waals surface area contributed by atoms with Crippen molar-refractivity contribution < 1.29 is 28.9 Å². The topological polar surface area (TPSA) is 94.1 Å². The lowest BCUT2D eigenvalue weighted by Crippen LogP contribution is -2.22. The SMILES string of the molecule is COc1cc([C@H]2CC(=O)Nc3c2sc(C(=O)O)c3-c2ccccc2)cc(OC)c1OC. The Balaban J connectivity index is 1.94. The standard InChI is InChI=1S/C23H21NO6S/c1-28-15-9-13(10-16(29-2)20(15)30-3)14-11-17(25)24-19-18(12-7-5-4-6-8-12)22(23(26)27)31-21(14)19/h4-10,14H,11H2,1-3H3,(H,24,25)(H,26,27)/t14-/m1/s1. The van der Waals surface area contributed by atoms with Crippen molar-refractivity contribution in [2.75, 3.05) is 26.6 Å². The highest BCUT2D eigenvalue weighted by Gasteiger charge is 2.35. The van der Waals surface area contributed by atoms with Gasteiger partial charge < -0.3 is 24.6 Å². The van der Waals surface area contributed by atoms with E-state index in [4.69, 9.17) is 14.2 Å². The van der Waals surface area contributed by atoms with Crippen molar-refractivity contribution >= 4 is 28.9 Å². The van der Waals surface area contributed by atoms with Gasteiger partial charge in [0.2, 0.25) is 11.7 Å². The molecule has 2 aromatic carbocycles. The predicted molar refractivity (Wildman–Crippen MR) is 118 cm³/mol. The average molecular weight is 439 g/mol. The largest absolute Gasteiger partial charge is 0.493 e. The van der Waals surface area contributed by atoms with Crippen molar-refractivity contribution in [3.63, 3.8) is 0 Å². The first kappa shape index (κ1) is 20.7. The number of rotatable bonds is 6. The normalized spacial score (nSPS) is 15.1. The van der Waals surface area contributed by atoms with Gasteiger partial charge in [-0.2, -0.15) is 0 Å². The first-order valence-electron chi connectivity index (χ1n) is 9.53. The summed E-state index contributed by atoms with van der Waals surface area (Å²) in [6, 6.07) is 12.8. The van der Waals surface area contributed by atoms with Crippen LogP contribution in [0.1, 0.15) is 32.5 Å². The number of carboxylic acids is 1. The van der Waals surface area contributed by atoms with Gasteiger partial charge in [0.1, 0.15) is 4.88 Å². The molecule has 0 fully saturated rings. The molecule has 3 aromatic rings. The van der Waals surface area contributed by atoms with E-state index in [1.54, 1.807) is 12.1 Å². The summed E-state index contributed by atoms with van der Waals surface area (Å²) in [5, 5.41) is 12.8. The first-order chi connectivity index (χ1) is 15.0. The molecule has 2 heterocycles. The van der Waals surface area contributed by atoms with Gasteiger partial charge in [-0.05, 0) is 23.3 Å². The molecule has 0 unspecified atom stereocenters. The van der Waals surface area contributed by atoms with Crippen LogP contribution in [0, 0.1) is 0 Å². The molecule has 31 heavy (non-hydrogen) atoms. The van der Waals surface area contributed by atoms with E-state index in [0.717, 1.165) is 16.0 Å². The fourth-order valence-electron chi connectivity index (χ4n) is 3.89. The predicted octanol–water partition coefficient (Wildman–Crippen LogP) is 4.61. The second kappa shape index (κ2) is 8.31. The number of carboxylic acid groups (broad SMARTS) is 1. The molecule has 1 atom stereocenters. The van der Waals surface area contributed by atoms with Gasteiger partial charge in [-0.15, -0.1) is 11.3 Å². The van der Waals surface area contributed by atoms with E-state index in [0.29, 0.717) is 28.5 Å². The molecule has 0 saturated carbocycles. The summed E-state index contributed by atoms with van der Waals surface area (Å²) < 4.78 is 16.3. The van der Waals surface area contributed by atoms with Crippen LogP contribution in [0.3, 0.4) is 0 Å². The second-order valence-electron chi connectivity index (χ2n) is 6.98. The summed E-state index contributed by atoms with van der Waals surface area (Å²) in [5.41, 5.74) is 2.59. The molecule has 2 N–H and O–H groups in total. The molecular weight excluding hydrogens is 418 g/mol. The van der Waals surface area contributed by atoms with Gasteiger partial charge >= 0.3 is 5.97 Å². The minimum absolute atomic E-state index is 0.180. The molecule has 1 amide bonds. The number of hydrogen-bond donors (Lipinski definition) is 2. The van der Waals surface area contributed by atoms with Gasteiger partial charge in [-0.3, -0.25) is 4.79 Å². The number of thiophene rings is 1. The van der Waals surface area contributed by atoms with Crippen molar-refractivity contribution in [1.82, 2.24) is 0 Å². The number of methoxy groups -OCH3 is 3. The van der Waals surface area contributed by atoms with Crippen LogP contribution in [0.15, 0.2) is 42.5 Å². The molecule has 8 heteroatoms. The lowest BCUT2D eigenvalue weighted by molar-refractivity contribution is -0.116. The maximum absolute atomic E-state index is 12.7. The second-order valence-corrected chi connectivity index (χ2v) is 8.03. The van der Waals surface area contributed by atoms with Gasteiger partial charge in [0, 0.05) is 22.8 Å². The number of aromatic carboxylic acids is 1. The van der Waals surface area contributed by atoms with Gasteiger partial charge in [0.05, 0.1) is 27.0 Å². The summed E-state index contributed by atoms with van der Waals surface area (Å²) in [5.74, 6) is -0.158. The van der Waals surface area contributed by atoms with Crippen molar-refractivity contribution in [2.45, 2.75) is 12.3 Å². The molecule has 0 spiro atoms. The molecule has 1 aliphatic rings. The Hall–Kier alpha value is -3.52. The van der Waals surface area contributed by atoms with Crippen molar-refractivity contribution in [2.24, 2.45) is 0 Å². The number of hydrogen-bond acceptors (Lipinski definition) is 6. The molecular formula is C23H21NO6S. The Morgan fingerprint density at radius 3 is 2.26 bits per heavy atom. The molecule has 0 aliphatic carbocycles. The first-order valence-corrected chi connectivity index (χ1v) is 10.3. The van der Waals surface area contributed by atoms with Gasteiger partial charge in [-0.1, -0.05) is 30.3 Å². The molecule has 0 bridgehead atoms. The molecule has 1 aliphatic heterocycles. The van der Waals surface area contributed by atoms with Crippen LogP contribution in [0.2, 0.25) is 0 Å². The zero-order valence-corrected chi connectivity index (χ0v) is 18.0. The van der Waals surface area contributed by atoms with E-state index >= 15 is 0 Å². The highest BCUT2D eigenvalue weighted by atomic mass is 32.1. The number of benzene rings is 2. The third-order valence-corrected chi connectivity index (χ3v) is 6.54. The molecule has 7 nitrogen and oxygen atoms in total. The van der Waals surface area contributed by atoms with Gasteiger partial charge in [0.25, 0.3) is 0 Å². The summed E-state index contributed by atoms with van der Waals surface area (Å²) in [4.78, 5) is 25.7. The summed E-state index contributed by atoms with van der Waals surface area (Å²) in [7, 11) is 4.58. The quantitative estimate of drug-likeness (QED) is 0.582. The highest BCUT2D eigenvalue weighted by molar-refractivity contribution is 7.15. The summed E-state index contributed by atoms with van der Waals surface area (Å²) in [6.45, 7) is 0.